The van der Waals surface area contributed by atoms with Gasteiger partial charge in [-0.25, -0.2) is 13.1 Å². The van der Waals surface area contributed by atoms with Crippen LogP contribution >= 0.6 is 11.6 Å². The molecule has 3 aromatic rings. The van der Waals surface area contributed by atoms with E-state index >= 15 is 0 Å². The van der Waals surface area contributed by atoms with Gasteiger partial charge in [-0.1, -0.05) is 67.1 Å². The number of rotatable bonds is 4. The largest absolute Gasteiger partial charge is 0.273 e. The molecule has 1 N–H and O–H groups in total. The molecule has 3 aromatic carbocycles. The number of hydrogen-bond acceptors (Lipinski definition) is 3. The molecule has 28 heavy (non-hydrogen) atoms. The van der Waals surface area contributed by atoms with Crippen molar-refractivity contribution < 1.29 is 13.2 Å². The van der Waals surface area contributed by atoms with Gasteiger partial charge in [0.25, 0.3) is 10.0 Å². The SMILES string of the molecule is CC[C@@]1(C(=O)NS(=O)(=O)c2cccc3ccccc23)CCc2c(Cl)cccc21. The van der Waals surface area contributed by atoms with Gasteiger partial charge in [0.2, 0.25) is 5.91 Å². The molecule has 144 valence electrons. The zero-order chi connectivity index (χ0) is 19.9. The molecule has 0 heterocycles. The van der Waals surface area contributed by atoms with Gasteiger partial charge in [-0.2, -0.15) is 0 Å². The van der Waals surface area contributed by atoms with Crippen LogP contribution in [-0.4, -0.2) is 14.3 Å². The maximum atomic E-state index is 13.3. The number of carbonyl (C=O) groups excluding carboxylic acids is 1. The summed E-state index contributed by atoms with van der Waals surface area (Å²) in [7, 11) is -4.02. The maximum Gasteiger partial charge on any atom is 0.264 e. The van der Waals surface area contributed by atoms with Crippen LogP contribution in [0.2, 0.25) is 5.02 Å². The lowest BCUT2D eigenvalue weighted by atomic mass is 9.79. The molecule has 1 atom stereocenters. The lowest BCUT2D eigenvalue weighted by Crippen LogP contribution is -2.45. The fraction of sp³-hybridized carbons (Fsp3) is 0.227. The zero-order valence-electron chi connectivity index (χ0n) is 15.4. The summed E-state index contributed by atoms with van der Waals surface area (Å²) >= 11 is 6.30. The third kappa shape index (κ3) is 2.90. The first-order chi connectivity index (χ1) is 13.4. The molecule has 4 nitrogen and oxygen atoms in total. The summed E-state index contributed by atoms with van der Waals surface area (Å²) in [6.45, 7) is 1.90. The van der Waals surface area contributed by atoms with Gasteiger partial charge < -0.3 is 0 Å². The molecular formula is C22H20ClNO3S. The third-order valence-corrected chi connectivity index (χ3v) is 7.48. The monoisotopic (exact) mass is 413 g/mol. The number of sulfonamides is 1. The van der Waals surface area contributed by atoms with Gasteiger partial charge in [0.05, 0.1) is 10.3 Å². The third-order valence-electron chi connectivity index (χ3n) is 5.74. The first-order valence-corrected chi connectivity index (χ1v) is 11.1. The topological polar surface area (TPSA) is 63.2 Å². The van der Waals surface area contributed by atoms with Crippen LogP contribution in [0.25, 0.3) is 10.8 Å². The minimum absolute atomic E-state index is 0.106. The molecule has 1 aliphatic rings. The smallest absolute Gasteiger partial charge is 0.264 e. The van der Waals surface area contributed by atoms with E-state index in [-0.39, 0.29) is 4.90 Å². The summed E-state index contributed by atoms with van der Waals surface area (Å²) in [5.41, 5.74) is 0.870. The Morgan fingerprint density at radius 2 is 1.79 bits per heavy atom. The van der Waals surface area contributed by atoms with Crippen LogP contribution < -0.4 is 4.72 Å². The molecule has 0 saturated heterocycles. The van der Waals surface area contributed by atoms with Gasteiger partial charge >= 0.3 is 0 Å². The summed E-state index contributed by atoms with van der Waals surface area (Å²) in [6, 6.07) is 17.8. The molecule has 0 spiro atoms. The van der Waals surface area contributed by atoms with Crippen LogP contribution in [0.3, 0.4) is 0 Å². The Kier molecular flexibility index (Phi) is 4.68. The van der Waals surface area contributed by atoms with Crippen molar-refractivity contribution >= 4 is 38.3 Å². The van der Waals surface area contributed by atoms with Crippen molar-refractivity contribution in [3.8, 4) is 0 Å². The zero-order valence-corrected chi connectivity index (χ0v) is 17.0. The predicted octanol–water partition coefficient (Wildman–Crippen LogP) is 4.59. The van der Waals surface area contributed by atoms with E-state index in [4.69, 9.17) is 11.6 Å². The van der Waals surface area contributed by atoms with Gasteiger partial charge in [-0.05, 0) is 47.9 Å². The molecule has 6 heteroatoms. The van der Waals surface area contributed by atoms with E-state index in [0.29, 0.717) is 29.7 Å². The molecule has 0 bridgehead atoms. The molecule has 1 aliphatic carbocycles. The second kappa shape index (κ2) is 6.90. The lowest BCUT2D eigenvalue weighted by molar-refractivity contribution is -0.125. The first kappa shape index (κ1) is 19.0. The number of carbonyl (C=O) groups is 1. The average Bonchev–Trinajstić information content (AvgIpc) is 3.08. The summed E-state index contributed by atoms with van der Waals surface area (Å²) in [6.07, 6.45) is 1.70. The molecule has 1 amide bonds. The van der Waals surface area contributed by atoms with Gasteiger partial charge in [0.1, 0.15) is 0 Å². The van der Waals surface area contributed by atoms with Crippen molar-refractivity contribution in [2.75, 3.05) is 0 Å². The number of halogens is 1. The Morgan fingerprint density at radius 3 is 2.57 bits per heavy atom. The molecule has 0 saturated carbocycles. The van der Waals surface area contributed by atoms with E-state index in [1.165, 1.54) is 6.07 Å². The lowest BCUT2D eigenvalue weighted by Gasteiger charge is -2.27. The molecule has 4 rings (SSSR count). The highest BCUT2D eigenvalue weighted by Crippen LogP contribution is 2.44. The number of nitrogens with one attached hydrogen (secondary N) is 1. The average molecular weight is 414 g/mol. The van der Waals surface area contributed by atoms with Crippen molar-refractivity contribution in [1.82, 2.24) is 4.72 Å². The van der Waals surface area contributed by atoms with Crippen molar-refractivity contribution in [2.24, 2.45) is 0 Å². The Morgan fingerprint density at radius 1 is 1.07 bits per heavy atom. The maximum absolute atomic E-state index is 13.3. The Labute approximate surface area is 169 Å². The summed E-state index contributed by atoms with van der Waals surface area (Å²) in [5.74, 6) is -0.496. The Hall–Kier alpha value is -2.37. The highest BCUT2D eigenvalue weighted by Gasteiger charge is 2.45. The van der Waals surface area contributed by atoms with E-state index in [9.17, 15) is 13.2 Å². The fourth-order valence-corrected chi connectivity index (χ4v) is 5.75. The van der Waals surface area contributed by atoms with Crippen LogP contribution in [0.4, 0.5) is 0 Å². The molecule has 0 fully saturated rings. The standard InChI is InChI=1S/C22H20ClNO3S/c1-2-22(14-13-17-18(22)10-6-11-19(17)23)21(25)24-28(26,27)20-12-5-8-15-7-3-4-9-16(15)20/h3-12H,2,13-14H2,1H3,(H,24,25)/t22-/m1/s1. The van der Waals surface area contributed by atoms with E-state index in [1.807, 2.05) is 37.3 Å². The van der Waals surface area contributed by atoms with Crippen molar-refractivity contribution in [2.45, 2.75) is 36.5 Å². The molecule has 0 radical (unpaired) electrons. The van der Waals surface area contributed by atoms with E-state index in [2.05, 4.69) is 4.72 Å². The van der Waals surface area contributed by atoms with E-state index in [1.54, 1.807) is 24.3 Å². The quantitative estimate of drug-likeness (QED) is 0.680. The molecule has 0 aromatic heterocycles. The minimum Gasteiger partial charge on any atom is -0.273 e. The van der Waals surface area contributed by atoms with Crippen LogP contribution in [0.1, 0.15) is 30.9 Å². The summed E-state index contributed by atoms with van der Waals surface area (Å²) < 4.78 is 28.5. The molecule has 0 aliphatic heterocycles. The van der Waals surface area contributed by atoms with Crippen LogP contribution in [0.5, 0.6) is 0 Å². The van der Waals surface area contributed by atoms with Gasteiger partial charge in [0, 0.05) is 10.4 Å². The predicted molar refractivity (Wildman–Crippen MR) is 111 cm³/mol. The summed E-state index contributed by atoms with van der Waals surface area (Å²) in [5, 5.41) is 2.02. The van der Waals surface area contributed by atoms with E-state index < -0.39 is 21.3 Å². The van der Waals surface area contributed by atoms with E-state index in [0.717, 1.165) is 16.5 Å². The number of fused-ring (bicyclic) bond motifs is 2. The highest BCUT2D eigenvalue weighted by molar-refractivity contribution is 7.90. The van der Waals surface area contributed by atoms with Crippen LogP contribution in [0, 0.1) is 0 Å². The van der Waals surface area contributed by atoms with Gasteiger partial charge in [-0.3, -0.25) is 4.79 Å². The number of hydrogen-bond donors (Lipinski definition) is 1. The van der Waals surface area contributed by atoms with Gasteiger partial charge in [0.15, 0.2) is 0 Å². The molecule has 0 unspecified atom stereocenters. The van der Waals surface area contributed by atoms with Gasteiger partial charge in [-0.15, -0.1) is 0 Å². The summed E-state index contributed by atoms with van der Waals surface area (Å²) in [4.78, 5) is 13.4. The number of benzene rings is 3. The Balaban J connectivity index is 1.75. The van der Waals surface area contributed by atoms with Crippen LogP contribution in [0.15, 0.2) is 65.6 Å². The Bertz CT molecular complexity index is 1180. The molecular weight excluding hydrogens is 394 g/mol. The number of amides is 1. The first-order valence-electron chi connectivity index (χ1n) is 9.22. The second-order valence-corrected chi connectivity index (χ2v) is 9.17. The minimum atomic E-state index is -4.02. The van der Waals surface area contributed by atoms with Crippen LogP contribution in [-0.2, 0) is 26.7 Å². The fourth-order valence-electron chi connectivity index (χ4n) is 4.20. The second-order valence-electron chi connectivity index (χ2n) is 7.11. The van der Waals surface area contributed by atoms with Crippen molar-refractivity contribution in [1.29, 1.82) is 0 Å². The van der Waals surface area contributed by atoms with Crippen molar-refractivity contribution in [3.63, 3.8) is 0 Å². The normalized spacial score (nSPS) is 18.8. The van der Waals surface area contributed by atoms with Crippen molar-refractivity contribution in [3.05, 3.63) is 76.8 Å². The highest BCUT2D eigenvalue weighted by atomic mass is 35.5.